The first-order valence-corrected chi connectivity index (χ1v) is 15.0. The van der Waals surface area contributed by atoms with Gasteiger partial charge in [-0.15, -0.1) is 0 Å². The first-order chi connectivity index (χ1) is 20.3. The number of fused-ring (bicyclic) bond motifs is 1. The number of ether oxygens (including phenoxy) is 1. The largest absolute Gasteiger partial charge is 0.462 e. The van der Waals surface area contributed by atoms with E-state index in [-0.39, 0.29) is 11.9 Å². The van der Waals surface area contributed by atoms with Gasteiger partial charge in [0.05, 0.1) is 12.2 Å². The highest BCUT2D eigenvalue weighted by molar-refractivity contribution is 9.10. The molecule has 5 nitrogen and oxygen atoms in total. The van der Waals surface area contributed by atoms with Crippen LogP contribution in [0.2, 0.25) is 0 Å². The first-order valence-electron chi connectivity index (χ1n) is 14.2. The maximum Gasteiger partial charge on any atom is 0.338 e. The SMILES string of the molecule is C=C/C=C(C(=O)OCCCC)\C(=C/C)c1ccc(Cn2cc(C)c3cc(C(=O)NCc4ccc(Br)cc4)ccc32)cc1. The Kier molecular flexibility index (Phi) is 10.7. The van der Waals surface area contributed by atoms with Gasteiger partial charge >= 0.3 is 5.97 Å². The summed E-state index contributed by atoms with van der Waals surface area (Å²) in [6.07, 6.45) is 9.18. The van der Waals surface area contributed by atoms with Crippen molar-refractivity contribution in [2.45, 2.75) is 46.7 Å². The van der Waals surface area contributed by atoms with Crippen LogP contribution < -0.4 is 5.32 Å². The Hall–Kier alpha value is -4.16. The van der Waals surface area contributed by atoms with Crippen molar-refractivity contribution in [2.24, 2.45) is 0 Å². The Balaban J connectivity index is 1.48. The van der Waals surface area contributed by atoms with E-state index in [9.17, 15) is 9.59 Å². The fraction of sp³-hybridized carbons (Fsp3) is 0.222. The molecule has 1 heterocycles. The summed E-state index contributed by atoms with van der Waals surface area (Å²) in [6.45, 7) is 11.4. The first kappa shape index (κ1) is 30.8. The normalized spacial score (nSPS) is 11.9. The van der Waals surface area contributed by atoms with E-state index >= 15 is 0 Å². The van der Waals surface area contributed by atoms with Crippen molar-refractivity contribution in [1.82, 2.24) is 9.88 Å². The van der Waals surface area contributed by atoms with Crippen molar-refractivity contribution in [3.63, 3.8) is 0 Å². The van der Waals surface area contributed by atoms with Gasteiger partial charge in [-0.3, -0.25) is 4.79 Å². The zero-order chi connectivity index (χ0) is 30.1. The summed E-state index contributed by atoms with van der Waals surface area (Å²) in [4.78, 5) is 25.7. The summed E-state index contributed by atoms with van der Waals surface area (Å²) < 4.78 is 8.69. The minimum absolute atomic E-state index is 0.0959. The van der Waals surface area contributed by atoms with E-state index in [0.29, 0.717) is 30.8 Å². The average Bonchev–Trinajstić information content (AvgIpc) is 3.31. The van der Waals surface area contributed by atoms with Gasteiger partial charge in [-0.2, -0.15) is 0 Å². The monoisotopic (exact) mass is 624 g/mol. The number of aryl methyl sites for hydroxylation is 1. The molecule has 1 amide bonds. The summed E-state index contributed by atoms with van der Waals surface area (Å²) in [5.41, 5.74) is 7.25. The van der Waals surface area contributed by atoms with Crippen LogP contribution in [-0.4, -0.2) is 23.1 Å². The van der Waals surface area contributed by atoms with Crippen LogP contribution >= 0.6 is 15.9 Å². The molecule has 3 aromatic carbocycles. The molecule has 0 aliphatic carbocycles. The number of benzene rings is 3. The van der Waals surface area contributed by atoms with Crippen molar-refractivity contribution in [3.8, 4) is 0 Å². The van der Waals surface area contributed by atoms with Crippen LogP contribution in [0.3, 0.4) is 0 Å². The fourth-order valence-electron chi connectivity index (χ4n) is 4.87. The van der Waals surface area contributed by atoms with Crippen LogP contribution in [0.15, 0.2) is 108 Å². The molecule has 0 radical (unpaired) electrons. The van der Waals surface area contributed by atoms with Gasteiger partial charge in [0.25, 0.3) is 5.91 Å². The number of unbranched alkanes of at least 4 members (excludes halogenated alkanes) is 1. The second-order valence-corrected chi connectivity index (χ2v) is 11.1. The Morgan fingerprint density at radius 3 is 2.36 bits per heavy atom. The van der Waals surface area contributed by atoms with Crippen LogP contribution in [0.1, 0.15) is 59.3 Å². The minimum atomic E-state index is -0.337. The fourth-order valence-corrected chi connectivity index (χ4v) is 5.13. The highest BCUT2D eigenvalue weighted by Crippen LogP contribution is 2.27. The van der Waals surface area contributed by atoms with Gasteiger partial charge in [0.1, 0.15) is 0 Å². The molecule has 1 aromatic heterocycles. The molecule has 0 saturated carbocycles. The molecule has 0 fully saturated rings. The maximum absolute atomic E-state index is 12.9. The number of hydrogen-bond donors (Lipinski definition) is 1. The van der Waals surface area contributed by atoms with E-state index < -0.39 is 0 Å². The highest BCUT2D eigenvalue weighted by Gasteiger charge is 2.17. The molecule has 0 atom stereocenters. The molecule has 0 aliphatic heterocycles. The third kappa shape index (κ3) is 7.56. The molecule has 0 unspecified atom stereocenters. The van der Waals surface area contributed by atoms with Crippen molar-refractivity contribution in [3.05, 3.63) is 136 Å². The number of amides is 1. The number of aromatic nitrogens is 1. The molecular formula is C36H37BrN2O3. The molecule has 6 heteroatoms. The number of carbonyl (C=O) groups excluding carboxylic acids is 2. The minimum Gasteiger partial charge on any atom is -0.462 e. The van der Waals surface area contributed by atoms with E-state index in [0.717, 1.165) is 56.0 Å². The van der Waals surface area contributed by atoms with Gasteiger partial charge in [0, 0.05) is 40.2 Å². The molecule has 4 aromatic rings. The summed E-state index contributed by atoms with van der Waals surface area (Å²) >= 11 is 3.44. The van der Waals surface area contributed by atoms with Crippen LogP contribution in [0.4, 0.5) is 0 Å². The topological polar surface area (TPSA) is 60.3 Å². The Labute approximate surface area is 256 Å². The lowest BCUT2D eigenvalue weighted by Crippen LogP contribution is -2.22. The number of rotatable bonds is 12. The van der Waals surface area contributed by atoms with E-state index in [2.05, 4.69) is 64.6 Å². The average molecular weight is 626 g/mol. The van der Waals surface area contributed by atoms with Crippen molar-refractivity contribution < 1.29 is 14.3 Å². The molecule has 0 spiro atoms. The van der Waals surface area contributed by atoms with Gasteiger partial charge in [-0.1, -0.05) is 84.4 Å². The number of hydrogen-bond acceptors (Lipinski definition) is 3. The molecule has 0 bridgehead atoms. The smallest absolute Gasteiger partial charge is 0.338 e. The van der Waals surface area contributed by atoms with Crippen LogP contribution in [0.5, 0.6) is 0 Å². The zero-order valence-electron chi connectivity index (χ0n) is 24.5. The van der Waals surface area contributed by atoms with Gasteiger partial charge in [0.2, 0.25) is 0 Å². The Morgan fingerprint density at radius 1 is 1.00 bits per heavy atom. The lowest BCUT2D eigenvalue weighted by Gasteiger charge is -2.13. The number of esters is 1. The molecule has 4 rings (SSSR count). The van der Waals surface area contributed by atoms with Crippen LogP contribution in [0.25, 0.3) is 16.5 Å². The molecule has 1 N–H and O–H groups in total. The molecule has 216 valence electrons. The predicted molar refractivity (Wildman–Crippen MR) is 175 cm³/mol. The van der Waals surface area contributed by atoms with Crippen molar-refractivity contribution >= 4 is 44.3 Å². The third-order valence-electron chi connectivity index (χ3n) is 7.14. The van der Waals surface area contributed by atoms with Crippen LogP contribution in [0, 0.1) is 6.92 Å². The van der Waals surface area contributed by atoms with Crippen LogP contribution in [-0.2, 0) is 22.6 Å². The van der Waals surface area contributed by atoms with Gasteiger partial charge < -0.3 is 14.6 Å². The molecule has 0 saturated heterocycles. The predicted octanol–water partition coefficient (Wildman–Crippen LogP) is 8.55. The van der Waals surface area contributed by atoms with Gasteiger partial charge in [0.15, 0.2) is 0 Å². The molecular weight excluding hydrogens is 588 g/mol. The van der Waals surface area contributed by atoms with E-state index in [1.54, 1.807) is 12.2 Å². The number of carbonyl (C=O) groups is 2. The number of allylic oxidation sites excluding steroid dienone is 3. The summed E-state index contributed by atoms with van der Waals surface area (Å²) in [5, 5.41) is 4.07. The number of halogens is 1. The Morgan fingerprint density at radius 2 is 1.69 bits per heavy atom. The Bertz CT molecular complexity index is 1630. The zero-order valence-corrected chi connectivity index (χ0v) is 26.0. The summed E-state index contributed by atoms with van der Waals surface area (Å²) in [6, 6.07) is 22.0. The highest BCUT2D eigenvalue weighted by atomic mass is 79.9. The second kappa shape index (κ2) is 14.6. The summed E-state index contributed by atoms with van der Waals surface area (Å²) in [5.74, 6) is -0.433. The van der Waals surface area contributed by atoms with Gasteiger partial charge in [-0.25, -0.2) is 4.79 Å². The standard InChI is InChI=1S/C36H37BrN2O3/c1-5-8-20-42-36(41)32(9-6-2)31(7-3)28-14-10-27(11-15-28)24-39-23-25(4)33-21-29(16-19-34(33)39)35(40)38-22-26-12-17-30(37)18-13-26/h6-7,9-19,21,23H,2,5,8,20,22,24H2,1,3-4H3,(H,38,40)/b31-7-,32-9+. The lowest BCUT2D eigenvalue weighted by molar-refractivity contribution is -0.138. The molecule has 42 heavy (non-hydrogen) atoms. The van der Waals surface area contributed by atoms with Gasteiger partial charge in [-0.05, 0) is 84.5 Å². The summed E-state index contributed by atoms with van der Waals surface area (Å²) in [7, 11) is 0. The maximum atomic E-state index is 12.9. The second-order valence-electron chi connectivity index (χ2n) is 10.2. The van der Waals surface area contributed by atoms with E-state index in [4.69, 9.17) is 4.74 Å². The quantitative estimate of drug-likeness (QED) is 0.0743. The number of nitrogens with zero attached hydrogens (tertiary/aromatic N) is 1. The van der Waals surface area contributed by atoms with Crippen molar-refractivity contribution in [2.75, 3.05) is 6.61 Å². The third-order valence-corrected chi connectivity index (χ3v) is 7.67. The lowest BCUT2D eigenvalue weighted by atomic mass is 9.96. The van der Waals surface area contributed by atoms with E-state index in [1.807, 2.05) is 67.6 Å². The van der Waals surface area contributed by atoms with Crippen molar-refractivity contribution in [1.29, 1.82) is 0 Å². The van der Waals surface area contributed by atoms with E-state index in [1.165, 1.54) is 0 Å². The number of nitrogens with one attached hydrogen (secondary N) is 1. The molecule has 0 aliphatic rings.